The van der Waals surface area contributed by atoms with Crippen molar-refractivity contribution in [2.75, 3.05) is 0 Å². The molecule has 0 heterocycles. The molecular weight excluding hydrogens is 238 g/mol. The number of benzene rings is 1. The van der Waals surface area contributed by atoms with Crippen LogP contribution in [0.5, 0.6) is 0 Å². The van der Waals surface area contributed by atoms with Crippen LogP contribution in [0.2, 0.25) is 5.02 Å². The number of hydrogen-bond acceptors (Lipinski definition) is 2. The fraction of sp³-hybridized carbons (Fsp3) is 0.538. The summed E-state index contributed by atoms with van der Waals surface area (Å²) in [6, 6.07) is 6.19. The average Bonchev–Trinajstić information content (AvgIpc) is 2.33. The molecule has 1 aromatic carbocycles. The first-order chi connectivity index (χ1) is 7.79. The molecule has 1 fully saturated rings. The Morgan fingerprint density at radius 1 is 1.25 bits per heavy atom. The molecule has 0 spiro atoms. The Morgan fingerprint density at radius 2 is 2.00 bits per heavy atom. The minimum atomic E-state index is 0.564. The van der Waals surface area contributed by atoms with Crippen LogP contribution in [0.15, 0.2) is 23.1 Å². The van der Waals surface area contributed by atoms with E-state index in [1.54, 1.807) is 0 Å². The van der Waals surface area contributed by atoms with Gasteiger partial charge in [0, 0.05) is 16.7 Å². The molecule has 16 heavy (non-hydrogen) atoms. The maximum absolute atomic E-state index is 6.25. The molecule has 1 aliphatic carbocycles. The Balaban J connectivity index is 2.03. The molecule has 2 N–H and O–H groups in total. The third-order valence-corrected chi connectivity index (χ3v) is 4.92. The minimum absolute atomic E-state index is 0.564. The van der Waals surface area contributed by atoms with E-state index in [2.05, 4.69) is 12.1 Å². The second-order valence-corrected chi connectivity index (χ2v) is 6.10. The minimum Gasteiger partial charge on any atom is -0.326 e. The summed E-state index contributed by atoms with van der Waals surface area (Å²) in [5, 5.41) is 1.62. The quantitative estimate of drug-likeness (QED) is 0.875. The SMILES string of the molecule is NCc1ccc(SC2CCCCC2)c(Cl)c1. The molecule has 0 unspecified atom stereocenters. The van der Waals surface area contributed by atoms with Gasteiger partial charge in [0.2, 0.25) is 0 Å². The van der Waals surface area contributed by atoms with E-state index in [1.165, 1.54) is 37.0 Å². The van der Waals surface area contributed by atoms with Gasteiger partial charge in [-0.05, 0) is 30.5 Å². The van der Waals surface area contributed by atoms with E-state index in [9.17, 15) is 0 Å². The number of halogens is 1. The highest BCUT2D eigenvalue weighted by atomic mass is 35.5. The van der Waals surface area contributed by atoms with Gasteiger partial charge in [0.05, 0.1) is 5.02 Å². The summed E-state index contributed by atoms with van der Waals surface area (Å²) < 4.78 is 0. The molecule has 0 amide bonds. The highest BCUT2D eigenvalue weighted by Crippen LogP contribution is 2.37. The Kier molecular flexibility index (Phi) is 4.56. The van der Waals surface area contributed by atoms with Crippen LogP contribution in [0.1, 0.15) is 37.7 Å². The molecule has 1 aromatic rings. The number of nitrogens with two attached hydrogens (primary N) is 1. The predicted molar refractivity (Wildman–Crippen MR) is 72.1 cm³/mol. The zero-order valence-electron chi connectivity index (χ0n) is 9.42. The summed E-state index contributed by atoms with van der Waals surface area (Å²) in [5.41, 5.74) is 6.70. The summed E-state index contributed by atoms with van der Waals surface area (Å²) in [6.07, 6.45) is 6.81. The molecule has 0 atom stereocenters. The molecule has 0 saturated heterocycles. The van der Waals surface area contributed by atoms with Crippen molar-refractivity contribution in [1.82, 2.24) is 0 Å². The highest BCUT2D eigenvalue weighted by Gasteiger charge is 2.15. The maximum atomic E-state index is 6.25. The fourth-order valence-corrected chi connectivity index (χ4v) is 3.71. The molecule has 3 heteroatoms. The van der Waals surface area contributed by atoms with E-state index in [4.69, 9.17) is 17.3 Å². The summed E-state index contributed by atoms with van der Waals surface area (Å²) in [6.45, 7) is 0.564. The monoisotopic (exact) mass is 255 g/mol. The van der Waals surface area contributed by atoms with Gasteiger partial charge in [-0.2, -0.15) is 0 Å². The van der Waals surface area contributed by atoms with Gasteiger partial charge in [-0.15, -0.1) is 11.8 Å². The molecule has 1 nitrogen and oxygen atoms in total. The molecule has 0 aromatic heterocycles. The number of hydrogen-bond donors (Lipinski definition) is 1. The molecule has 2 rings (SSSR count). The van der Waals surface area contributed by atoms with E-state index < -0.39 is 0 Å². The van der Waals surface area contributed by atoms with Crippen LogP contribution < -0.4 is 5.73 Å². The highest BCUT2D eigenvalue weighted by molar-refractivity contribution is 8.00. The van der Waals surface area contributed by atoms with E-state index in [0.717, 1.165) is 15.8 Å². The third kappa shape index (κ3) is 3.16. The van der Waals surface area contributed by atoms with E-state index in [-0.39, 0.29) is 0 Å². The topological polar surface area (TPSA) is 26.0 Å². The van der Waals surface area contributed by atoms with Gasteiger partial charge in [0.1, 0.15) is 0 Å². The predicted octanol–water partition coefficient (Wildman–Crippen LogP) is 4.22. The van der Waals surface area contributed by atoms with Crippen molar-refractivity contribution >= 4 is 23.4 Å². The van der Waals surface area contributed by atoms with E-state index in [1.807, 2.05) is 17.8 Å². The van der Waals surface area contributed by atoms with Crippen LogP contribution in [0.3, 0.4) is 0 Å². The van der Waals surface area contributed by atoms with Gasteiger partial charge in [-0.1, -0.05) is 36.9 Å². The lowest BCUT2D eigenvalue weighted by atomic mass is 10.0. The molecule has 0 aliphatic heterocycles. The normalized spacial score (nSPS) is 17.6. The number of rotatable bonds is 3. The van der Waals surface area contributed by atoms with Crippen LogP contribution in [-0.2, 0) is 6.54 Å². The smallest absolute Gasteiger partial charge is 0.0545 e. The van der Waals surface area contributed by atoms with Crippen molar-refractivity contribution in [3.8, 4) is 0 Å². The van der Waals surface area contributed by atoms with Gasteiger partial charge in [-0.3, -0.25) is 0 Å². The zero-order chi connectivity index (χ0) is 11.4. The van der Waals surface area contributed by atoms with Crippen LogP contribution >= 0.6 is 23.4 Å². The van der Waals surface area contributed by atoms with Crippen molar-refractivity contribution in [3.63, 3.8) is 0 Å². The molecule has 88 valence electrons. The second-order valence-electron chi connectivity index (χ2n) is 4.35. The summed E-state index contributed by atoms with van der Waals surface area (Å²) >= 11 is 8.19. The first kappa shape index (κ1) is 12.3. The third-order valence-electron chi connectivity index (χ3n) is 3.08. The lowest BCUT2D eigenvalue weighted by Gasteiger charge is -2.21. The fourth-order valence-electron chi connectivity index (χ4n) is 2.13. The molecule has 0 bridgehead atoms. The van der Waals surface area contributed by atoms with Crippen molar-refractivity contribution in [2.45, 2.75) is 48.8 Å². The van der Waals surface area contributed by atoms with E-state index >= 15 is 0 Å². The lowest BCUT2D eigenvalue weighted by molar-refractivity contribution is 0.516. The van der Waals surface area contributed by atoms with Gasteiger partial charge >= 0.3 is 0 Å². The van der Waals surface area contributed by atoms with E-state index in [0.29, 0.717) is 6.54 Å². The Hall–Kier alpha value is -0.180. The average molecular weight is 256 g/mol. The van der Waals surface area contributed by atoms with Gasteiger partial charge < -0.3 is 5.73 Å². The van der Waals surface area contributed by atoms with Crippen LogP contribution in [-0.4, -0.2) is 5.25 Å². The Morgan fingerprint density at radius 3 is 2.62 bits per heavy atom. The molecular formula is C13H18ClNS. The van der Waals surface area contributed by atoms with Gasteiger partial charge in [-0.25, -0.2) is 0 Å². The van der Waals surface area contributed by atoms with Crippen LogP contribution in [0.25, 0.3) is 0 Å². The Labute approximate surface area is 107 Å². The molecule has 1 saturated carbocycles. The van der Waals surface area contributed by atoms with Crippen molar-refractivity contribution in [1.29, 1.82) is 0 Å². The summed E-state index contributed by atoms with van der Waals surface area (Å²) in [5.74, 6) is 0. The second kappa shape index (κ2) is 5.95. The van der Waals surface area contributed by atoms with Crippen LogP contribution in [0, 0.1) is 0 Å². The largest absolute Gasteiger partial charge is 0.326 e. The summed E-state index contributed by atoms with van der Waals surface area (Å²) in [7, 11) is 0. The standard InChI is InChI=1S/C13H18ClNS/c14-12-8-10(9-15)6-7-13(12)16-11-4-2-1-3-5-11/h6-8,11H,1-5,9,15H2. The molecule has 0 radical (unpaired) electrons. The van der Waals surface area contributed by atoms with Crippen molar-refractivity contribution < 1.29 is 0 Å². The van der Waals surface area contributed by atoms with Crippen molar-refractivity contribution in [3.05, 3.63) is 28.8 Å². The lowest BCUT2D eigenvalue weighted by Crippen LogP contribution is -2.07. The first-order valence-corrected chi connectivity index (χ1v) is 7.20. The van der Waals surface area contributed by atoms with Crippen molar-refractivity contribution in [2.24, 2.45) is 5.73 Å². The zero-order valence-corrected chi connectivity index (χ0v) is 11.0. The van der Waals surface area contributed by atoms with Gasteiger partial charge in [0.25, 0.3) is 0 Å². The van der Waals surface area contributed by atoms with Gasteiger partial charge in [0.15, 0.2) is 0 Å². The maximum Gasteiger partial charge on any atom is 0.0545 e. The number of thioether (sulfide) groups is 1. The Bertz CT molecular complexity index is 348. The summed E-state index contributed by atoms with van der Waals surface area (Å²) in [4.78, 5) is 1.21. The van der Waals surface area contributed by atoms with Crippen LogP contribution in [0.4, 0.5) is 0 Å². The molecule has 1 aliphatic rings. The first-order valence-electron chi connectivity index (χ1n) is 5.95.